The average molecular weight is 336 g/mol. The molecule has 126 valence electrons. The first-order valence-corrected chi connectivity index (χ1v) is 7.09. The first kappa shape index (κ1) is 17.5. The molecule has 0 aromatic heterocycles. The van der Waals surface area contributed by atoms with Gasteiger partial charge < -0.3 is 10.6 Å². The van der Waals surface area contributed by atoms with Crippen molar-refractivity contribution in [3.8, 4) is 0 Å². The summed E-state index contributed by atoms with van der Waals surface area (Å²) >= 11 is 0. The van der Waals surface area contributed by atoms with Crippen molar-refractivity contribution < 1.29 is 22.8 Å². The SMILES string of the molecule is Cc1ccccc1C(=O)Nc1ccccc1CNC(=O)C(F)(F)F. The summed E-state index contributed by atoms with van der Waals surface area (Å²) in [7, 11) is 0. The zero-order valence-corrected chi connectivity index (χ0v) is 12.8. The molecule has 0 atom stereocenters. The minimum atomic E-state index is -4.95. The smallest absolute Gasteiger partial charge is 0.344 e. The lowest BCUT2D eigenvalue weighted by molar-refractivity contribution is -0.173. The summed E-state index contributed by atoms with van der Waals surface area (Å²) in [6.45, 7) is 1.44. The normalized spacial score (nSPS) is 11.0. The van der Waals surface area contributed by atoms with Gasteiger partial charge in [-0.25, -0.2) is 0 Å². The highest BCUT2D eigenvalue weighted by Gasteiger charge is 2.38. The van der Waals surface area contributed by atoms with E-state index in [9.17, 15) is 22.8 Å². The molecule has 2 aromatic carbocycles. The van der Waals surface area contributed by atoms with E-state index in [0.717, 1.165) is 5.56 Å². The molecule has 0 saturated heterocycles. The molecule has 4 nitrogen and oxygen atoms in total. The highest BCUT2D eigenvalue weighted by atomic mass is 19.4. The predicted molar refractivity (Wildman–Crippen MR) is 83.5 cm³/mol. The second kappa shape index (κ2) is 7.16. The monoisotopic (exact) mass is 336 g/mol. The number of rotatable bonds is 4. The van der Waals surface area contributed by atoms with E-state index in [2.05, 4.69) is 5.32 Å². The maximum atomic E-state index is 12.3. The Morgan fingerprint density at radius 1 is 1.00 bits per heavy atom. The van der Waals surface area contributed by atoms with Crippen molar-refractivity contribution in [2.24, 2.45) is 0 Å². The Morgan fingerprint density at radius 3 is 2.29 bits per heavy atom. The van der Waals surface area contributed by atoms with Gasteiger partial charge in [0.05, 0.1) is 0 Å². The Kier molecular flexibility index (Phi) is 5.23. The van der Waals surface area contributed by atoms with Crippen molar-refractivity contribution in [2.75, 3.05) is 5.32 Å². The van der Waals surface area contributed by atoms with Crippen molar-refractivity contribution in [3.63, 3.8) is 0 Å². The molecule has 2 amide bonds. The number of alkyl halides is 3. The van der Waals surface area contributed by atoms with Gasteiger partial charge in [0.1, 0.15) is 0 Å². The Balaban J connectivity index is 2.13. The van der Waals surface area contributed by atoms with Crippen LogP contribution < -0.4 is 10.6 Å². The molecule has 0 bridgehead atoms. The van der Waals surface area contributed by atoms with E-state index < -0.39 is 12.1 Å². The fourth-order valence-electron chi connectivity index (χ4n) is 2.09. The number of hydrogen-bond acceptors (Lipinski definition) is 2. The van der Waals surface area contributed by atoms with Crippen LogP contribution in [0.5, 0.6) is 0 Å². The van der Waals surface area contributed by atoms with Crippen molar-refractivity contribution in [2.45, 2.75) is 19.6 Å². The first-order valence-electron chi connectivity index (χ1n) is 7.09. The molecule has 0 heterocycles. The third kappa shape index (κ3) is 4.34. The molecule has 0 saturated carbocycles. The van der Waals surface area contributed by atoms with Gasteiger partial charge >= 0.3 is 12.1 Å². The first-order chi connectivity index (χ1) is 11.3. The third-order valence-corrected chi connectivity index (χ3v) is 3.35. The van der Waals surface area contributed by atoms with Gasteiger partial charge in [-0.15, -0.1) is 0 Å². The number of benzene rings is 2. The largest absolute Gasteiger partial charge is 0.471 e. The molecular formula is C17H15F3N2O2. The van der Waals surface area contributed by atoms with Crippen LogP contribution in [0, 0.1) is 6.92 Å². The number of anilines is 1. The average Bonchev–Trinajstić information content (AvgIpc) is 2.53. The van der Waals surface area contributed by atoms with Gasteiger partial charge in [0.15, 0.2) is 0 Å². The van der Waals surface area contributed by atoms with Crippen molar-refractivity contribution >= 4 is 17.5 Å². The maximum Gasteiger partial charge on any atom is 0.471 e. The van der Waals surface area contributed by atoms with E-state index in [1.807, 2.05) is 0 Å². The second-order valence-electron chi connectivity index (χ2n) is 5.11. The van der Waals surface area contributed by atoms with Gasteiger partial charge in [-0.2, -0.15) is 13.2 Å². The van der Waals surface area contributed by atoms with E-state index in [1.165, 1.54) is 6.07 Å². The molecule has 0 spiro atoms. The van der Waals surface area contributed by atoms with Gasteiger partial charge in [-0.3, -0.25) is 9.59 Å². The molecule has 2 rings (SSSR count). The molecular weight excluding hydrogens is 321 g/mol. The molecule has 24 heavy (non-hydrogen) atoms. The standard InChI is InChI=1S/C17H15F3N2O2/c1-11-6-2-4-8-13(11)15(23)22-14-9-5-3-7-12(14)10-21-16(24)17(18,19)20/h2-9H,10H2,1H3,(H,21,24)(H,22,23). The van der Waals surface area contributed by atoms with Crippen LogP contribution in [0.2, 0.25) is 0 Å². The minimum Gasteiger partial charge on any atom is -0.344 e. The number of amides is 2. The third-order valence-electron chi connectivity index (χ3n) is 3.35. The van der Waals surface area contributed by atoms with Crippen molar-refractivity contribution in [1.82, 2.24) is 5.32 Å². The lowest BCUT2D eigenvalue weighted by Crippen LogP contribution is -2.36. The Labute approximate surface area is 136 Å². The lowest BCUT2D eigenvalue weighted by atomic mass is 10.1. The predicted octanol–water partition coefficient (Wildman–Crippen LogP) is 3.43. The molecule has 0 aliphatic heterocycles. The number of nitrogens with one attached hydrogen (secondary N) is 2. The molecule has 0 unspecified atom stereocenters. The Bertz CT molecular complexity index is 757. The molecule has 0 aliphatic carbocycles. The minimum absolute atomic E-state index is 0.341. The summed E-state index contributed by atoms with van der Waals surface area (Å²) in [5.74, 6) is -2.40. The van der Waals surface area contributed by atoms with Crippen LogP contribution in [0.4, 0.5) is 18.9 Å². The molecule has 7 heteroatoms. The van der Waals surface area contributed by atoms with Crippen LogP contribution in [0.15, 0.2) is 48.5 Å². The number of halogens is 3. The lowest BCUT2D eigenvalue weighted by Gasteiger charge is -2.13. The topological polar surface area (TPSA) is 58.2 Å². The van der Waals surface area contributed by atoms with E-state index >= 15 is 0 Å². The molecule has 0 fully saturated rings. The summed E-state index contributed by atoms with van der Waals surface area (Å²) in [5.41, 5.74) is 1.95. The zero-order valence-electron chi connectivity index (χ0n) is 12.8. The molecule has 2 aromatic rings. The van der Waals surface area contributed by atoms with E-state index in [1.54, 1.807) is 54.7 Å². The van der Waals surface area contributed by atoms with Crippen LogP contribution in [0.3, 0.4) is 0 Å². The van der Waals surface area contributed by atoms with Crippen molar-refractivity contribution in [3.05, 3.63) is 65.2 Å². The van der Waals surface area contributed by atoms with Gasteiger partial charge in [-0.05, 0) is 30.2 Å². The van der Waals surface area contributed by atoms with Gasteiger partial charge in [0.25, 0.3) is 5.91 Å². The van der Waals surface area contributed by atoms with E-state index in [4.69, 9.17) is 0 Å². The van der Waals surface area contributed by atoms with Crippen LogP contribution >= 0.6 is 0 Å². The summed E-state index contributed by atoms with van der Waals surface area (Å²) in [6, 6.07) is 13.3. The molecule has 0 aliphatic rings. The second-order valence-corrected chi connectivity index (χ2v) is 5.11. The van der Waals surface area contributed by atoms with Gasteiger partial charge in [0, 0.05) is 17.8 Å². The quantitative estimate of drug-likeness (QED) is 0.899. The molecule has 0 radical (unpaired) electrons. The highest BCUT2D eigenvalue weighted by molar-refractivity contribution is 6.05. The number of carbonyl (C=O) groups is 2. The van der Waals surface area contributed by atoms with Gasteiger partial charge in [-0.1, -0.05) is 36.4 Å². The van der Waals surface area contributed by atoms with E-state index in [-0.39, 0.29) is 12.5 Å². The van der Waals surface area contributed by atoms with Crippen molar-refractivity contribution in [1.29, 1.82) is 0 Å². The molecule has 2 N–H and O–H groups in total. The van der Waals surface area contributed by atoms with Gasteiger partial charge in [0.2, 0.25) is 0 Å². The summed E-state index contributed by atoms with van der Waals surface area (Å²) in [4.78, 5) is 23.2. The summed E-state index contributed by atoms with van der Waals surface area (Å²) in [5, 5.41) is 4.45. The summed E-state index contributed by atoms with van der Waals surface area (Å²) < 4.78 is 36.7. The number of hydrogen-bond donors (Lipinski definition) is 2. The van der Waals surface area contributed by atoms with Crippen LogP contribution in [-0.2, 0) is 11.3 Å². The fourth-order valence-corrected chi connectivity index (χ4v) is 2.09. The maximum absolute atomic E-state index is 12.3. The van der Waals surface area contributed by atoms with E-state index in [0.29, 0.717) is 16.8 Å². The number of carbonyl (C=O) groups excluding carboxylic acids is 2. The Morgan fingerprint density at radius 2 is 1.62 bits per heavy atom. The number of para-hydroxylation sites is 1. The zero-order chi connectivity index (χ0) is 17.7. The van der Waals surface area contributed by atoms with Crippen LogP contribution in [-0.4, -0.2) is 18.0 Å². The summed E-state index contributed by atoms with van der Waals surface area (Å²) in [6.07, 6.45) is -4.95. The number of aryl methyl sites for hydroxylation is 1. The van der Waals surface area contributed by atoms with Crippen LogP contribution in [0.1, 0.15) is 21.5 Å². The van der Waals surface area contributed by atoms with Crippen LogP contribution in [0.25, 0.3) is 0 Å². The highest BCUT2D eigenvalue weighted by Crippen LogP contribution is 2.19. The fraction of sp³-hybridized carbons (Fsp3) is 0.176. The Hall–Kier alpha value is -2.83.